The Kier molecular flexibility index (Phi) is 36.4. The first kappa shape index (κ1) is 48.4. The van der Waals surface area contributed by atoms with Gasteiger partial charge in [-0.1, -0.05) is 212 Å². The summed E-state index contributed by atoms with van der Waals surface area (Å²) in [6.45, 7) is 3.40. The van der Waals surface area contributed by atoms with Crippen LogP contribution in [0.25, 0.3) is 0 Å². The maximum Gasteiger partial charge on any atom is 0.303 e. The number of hydrogen-bond donors (Lipinski definition) is 2. The van der Waals surface area contributed by atoms with Crippen molar-refractivity contribution in [2.75, 3.05) is 19.6 Å². The molecular formula is C46H88N2O4. The Morgan fingerprint density at radius 3 is 0.923 bits per heavy atom. The molecule has 0 aromatic carbocycles. The Hall–Kier alpha value is -1.59. The summed E-state index contributed by atoms with van der Waals surface area (Å²) in [6.07, 6.45) is 51.2. The first-order valence-electron chi connectivity index (χ1n) is 23.3. The van der Waals surface area contributed by atoms with Crippen LogP contribution in [0.3, 0.4) is 0 Å². The summed E-state index contributed by atoms with van der Waals surface area (Å²) < 4.78 is 0. The largest absolute Gasteiger partial charge is 0.481 e. The molecule has 0 fully saturated rings. The molecule has 0 saturated carbocycles. The van der Waals surface area contributed by atoms with Crippen molar-refractivity contribution in [1.29, 1.82) is 0 Å². The normalized spacial score (nSPS) is 12.9. The molecule has 1 rings (SSSR count). The van der Waals surface area contributed by atoms with Gasteiger partial charge < -0.3 is 15.1 Å². The Morgan fingerprint density at radius 2 is 0.635 bits per heavy atom. The number of unbranched alkanes of at least 4 members (excludes halogenated alkanes) is 35. The van der Waals surface area contributed by atoms with Crippen LogP contribution in [0.4, 0.5) is 0 Å². The quantitative estimate of drug-likeness (QED) is 0.0609. The summed E-state index contributed by atoms with van der Waals surface area (Å²) in [5.41, 5.74) is 0. The molecule has 1 aliphatic heterocycles. The van der Waals surface area contributed by atoms with Gasteiger partial charge in [-0.25, -0.2) is 0 Å². The summed E-state index contributed by atoms with van der Waals surface area (Å²) >= 11 is 0. The van der Waals surface area contributed by atoms with Gasteiger partial charge in [0, 0.05) is 32.4 Å². The van der Waals surface area contributed by atoms with Crippen molar-refractivity contribution in [3.05, 3.63) is 0 Å². The Balaban J connectivity index is 1.75. The van der Waals surface area contributed by atoms with Crippen LogP contribution in [-0.4, -0.2) is 52.5 Å². The monoisotopic (exact) mass is 733 g/mol. The molecule has 0 amide bonds. The second-order valence-corrected chi connectivity index (χ2v) is 16.4. The van der Waals surface area contributed by atoms with Gasteiger partial charge in [0.2, 0.25) is 0 Å². The average molecular weight is 733 g/mol. The second kappa shape index (κ2) is 39.1. The fraction of sp³-hybridized carbons (Fsp3) is 0.935. The van der Waals surface area contributed by atoms with E-state index in [2.05, 4.69) is 4.90 Å². The zero-order valence-corrected chi connectivity index (χ0v) is 34.5. The van der Waals surface area contributed by atoms with Crippen molar-refractivity contribution >= 4 is 17.8 Å². The predicted molar refractivity (Wildman–Crippen MR) is 224 cm³/mol. The van der Waals surface area contributed by atoms with Gasteiger partial charge in [-0.05, 0) is 25.7 Å². The van der Waals surface area contributed by atoms with Crippen LogP contribution in [-0.2, 0) is 9.59 Å². The van der Waals surface area contributed by atoms with Gasteiger partial charge in [0.05, 0.1) is 12.4 Å². The average Bonchev–Trinajstić information content (AvgIpc) is 3.58. The number of hydrogen-bond acceptors (Lipinski definition) is 4. The highest BCUT2D eigenvalue weighted by Crippen LogP contribution is 2.18. The fourth-order valence-electron chi connectivity index (χ4n) is 7.98. The molecule has 0 aromatic heterocycles. The standard InChI is InChI=1S/C46H88N2O4/c49-45(50)39-35-31-27-23-19-15-11-7-2-1-5-9-13-17-21-25-29-33-37-42-48-43-41-47-44(48)38-34-30-26-22-18-14-10-6-3-4-8-12-16-20-24-28-32-36-40-46(51)52/h1-43H2,(H,49,50)(H,51,52). The molecule has 0 bridgehead atoms. The second-order valence-electron chi connectivity index (χ2n) is 16.4. The first-order valence-corrected chi connectivity index (χ1v) is 23.3. The van der Waals surface area contributed by atoms with E-state index >= 15 is 0 Å². The Bertz CT molecular complexity index is 816. The van der Waals surface area contributed by atoms with Crippen LogP contribution >= 0.6 is 0 Å². The number of carboxylic acid groups (broad SMARTS) is 2. The lowest BCUT2D eigenvalue weighted by atomic mass is 10.0. The first-order chi connectivity index (χ1) is 25.6. The number of aliphatic carboxylic acids is 2. The van der Waals surface area contributed by atoms with Gasteiger partial charge in [-0.2, -0.15) is 0 Å². The molecule has 0 unspecified atom stereocenters. The minimum absolute atomic E-state index is 0.338. The van der Waals surface area contributed by atoms with Crippen molar-refractivity contribution in [3.63, 3.8) is 0 Å². The molecule has 306 valence electrons. The molecule has 0 saturated heterocycles. The highest BCUT2D eigenvalue weighted by molar-refractivity contribution is 5.83. The van der Waals surface area contributed by atoms with Gasteiger partial charge in [-0.15, -0.1) is 0 Å². The lowest BCUT2D eigenvalue weighted by molar-refractivity contribution is -0.138. The van der Waals surface area contributed by atoms with E-state index in [1.807, 2.05) is 0 Å². The Labute approximate surface area is 323 Å². The van der Waals surface area contributed by atoms with E-state index in [0.717, 1.165) is 38.8 Å². The molecule has 2 N–H and O–H groups in total. The van der Waals surface area contributed by atoms with E-state index in [4.69, 9.17) is 15.2 Å². The third-order valence-corrected chi connectivity index (χ3v) is 11.4. The van der Waals surface area contributed by atoms with Crippen molar-refractivity contribution in [2.45, 2.75) is 257 Å². The molecule has 0 atom stereocenters. The van der Waals surface area contributed by atoms with Crippen LogP contribution in [0.15, 0.2) is 4.99 Å². The number of rotatable bonds is 43. The molecular weight excluding hydrogens is 645 g/mol. The summed E-state index contributed by atoms with van der Waals surface area (Å²) in [5.74, 6) is 0.104. The van der Waals surface area contributed by atoms with Gasteiger partial charge >= 0.3 is 11.9 Å². The molecule has 0 aromatic rings. The van der Waals surface area contributed by atoms with Crippen LogP contribution in [0.2, 0.25) is 0 Å². The van der Waals surface area contributed by atoms with Crippen molar-refractivity contribution in [1.82, 2.24) is 4.90 Å². The van der Waals surface area contributed by atoms with Crippen molar-refractivity contribution in [3.8, 4) is 0 Å². The van der Waals surface area contributed by atoms with E-state index < -0.39 is 11.9 Å². The van der Waals surface area contributed by atoms with Gasteiger partial charge in [0.15, 0.2) is 0 Å². The fourth-order valence-corrected chi connectivity index (χ4v) is 7.98. The number of amidine groups is 1. The van der Waals surface area contributed by atoms with E-state index in [1.54, 1.807) is 0 Å². The maximum absolute atomic E-state index is 10.5. The van der Waals surface area contributed by atoms with Crippen LogP contribution in [0, 0.1) is 0 Å². The number of carboxylic acids is 2. The molecule has 1 aliphatic rings. The third kappa shape index (κ3) is 35.4. The summed E-state index contributed by atoms with van der Waals surface area (Å²) in [5, 5.41) is 17.3. The zero-order chi connectivity index (χ0) is 37.4. The van der Waals surface area contributed by atoms with E-state index in [0.29, 0.717) is 12.8 Å². The van der Waals surface area contributed by atoms with Crippen LogP contribution in [0.1, 0.15) is 257 Å². The SMILES string of the molecule is O=C(O)CCCCCCCCCCCCCCCCCCCCCN1CCN=C1CCCCCCCCCCCCCCCCCCCCC(=O)O. The van der Waals surface area contributed by atoms with E-state index in [-0.39, 0.29) is 0 Å². The molecule has 0 aliphatic carbocycles. The van der Waals surface area contributed by atoms with Crippen molar-refractivity contribution in [2.24, 2.45) is 4.99 Å². The predicted octanol–water partition coefficient (Wildman–Crippen LogP) is 14.5. The summed E-state index contributed by atoms with van der Waals surface area (Å²) in [4.78, 5) is 28.5. The van der Waals surface area contributed by atoms with Gasteiger partial charge in [0.1, 0.15) is 0 Å². The number of nitrogens with zero attached hydrogens (tertiary/aromatic N) is 2. The molecule has 6 heteroatoms. The molecule has 0 radical (unpaired) electrons. The van der Waals surface area contributed by atoms with Crippen molar-refractivity contribution < 1.29 is 19.8 Å². The van der Waals surface area contributed by atoms with E-state index in [1.165, 1.54) is 231 Å². The minimum atomic E-state index is -0.654. The third-order valence-electron chi connectivity index (χ3n) is 11.4. The maximum atomic E-state index is 10.5. The minimum Gasteiger partial charge on any atom is -0.481 e. The zero-order valence-electron chi connectivity index (χ0n) is 34.5. The van der Waals surface area contributed by atoms with Gasteiger partial charge in [0.25, 0.3) is 0 Å². The number of carbonyl (C=O) groups is 2. The van der Waals surface area contributed by atoms with Crippen LogP contribution < -0.4 is 0 Å². The number of aliphatic imine (C=N–C) groups is 1. The Morgan fingerprint density at radius 1 is 0.385 bits per heavy atom. The van der Waals surface area contributed by atoms with E-state index in [9.17, 15) is 9.59 Å². The lowest BCUT2D eigenvalue weighted by Crippen LogP contribution is -2.28. The molecule has 52 heavy (non-hydrogen) atoms. The molecule has 6 nitrogen and oxygen atoms in total. The summed E-state index contributed by atoms with van der Waals surface area (Å²) in [6, 6.07) is 0. The summed E-state index contributed by atoms with van der Waals surface area (Å²) in [7, 11) is 0. The molecule has 0 spiro atoms. The molecule has 1 heterocycles. The van der Waals surface area contributed by atoms with Crippen LogP contribution in [0.5, 0.6) is 0 Å². The topological polar surface area (TPSA) is 90.2 Å². The smallest absolute Gasteiger partial charge is 0.303 e. The highest BCUT2D eigenvalue weighted by atomic mass is 16.4. The lowest BCUT2D eigenvalue weighted by Gasteiger charge is -2.20. The highest BCUT2D eigenvalue weighted by Gasteiger charge is 2.15. The van der Waals surface area contributed by atoms with Gasteiger partial charge in [-0.3, -0.25) is 14.6 Å².